The molecule has 0 aliphatic carbocycles. The molecule has 0 saturated heterocycles. The fourth-order valence-electron chi connectivity index (χ4n) is 0.947. The van der Waals surface area contributed by atoms with Crippen LogP contribution >= 0.6 is 0 Å². The van der Waals surface area contributed by atoms with Crippen molar-refractivity contribution in [3.8, 4) is 0 Å². The third kappa shape index (κ3) is 2.50. The molecule has 4 nitrogen and oxygen atoms in total. The van der Waals surface area contributed by atoms with E-state index in [1.807, 2.05) is 6.92 Å². The van der Waals surface area contributed by atoms with E-state index in [2.05, 4.69) is 21.9 Å². The summed E-state index contributed by atoms with van der Waals surface area (Å²) in [5, 5.41) is 0. The predicted molar refractivity (Wildman–Crippen MR) is 53.9 cm³/mol. The minimum Gasteiger partial charge on any atom is -0.383 e. The molecule has 0 radical (unpaired) electrons. The lowest BCUT2D eigenvalue weighted by atomic mass is 10.2. The van der Waals surface area contributed by atoms with Gasteiger partial charge in [0.2, 0.25) is 0 Å². The van der Waals surface area contributed by atoms with Gasteiger partial charge >= 0.3 is 0 Å². The summed E-state index contributed by atoms with van der Waals surface area (Å²) in [6.07, 6.45) is 4.24. The summed E-state index contributed by atoms with van der Waals surface area (Å²) < 4.78 is 0. The zero-order valence-corrected chi connectivity index (χ0v) is 7.99. The third-order valence-electron chi connectivity index (χ3n) is 1.69. The van der Waals surface area contributed by atoms with Crippen LogP contribution in [0.2, 0.25) is 0 Å². The summed E-state index contributed by atoms with van der Waals surface area (Å²) in [6, 6.07) is 0. The lowest BCUT2D eigenvalue weighted by Crippen LogP contribution is -2.01. The molecule has 1 heterocycles. The molecule has 13 heavy (non-hydrogen) atoms. The molecule has 0 unspecified atom stereocenters. The normalized spacial score (nSPS) is 10.9. The Balaban J connectivity index is 2.87. The van der Waals surface area contributed by atoms with Gasteiger partial charge in [0, 0.05) is 12.8 Å². The highest BCUT2D eigenvalue weighted by Gasteiger charge is 2.00. The molecule has 1 aromatic heterocycles. The van der Waals surface area contributed by atoms with Crippen molar-refractivity contribution in [1.82, 2.24) is 9.97 Å². The number of nitrogen functional groups attached to an aromatic ring is 1. The van der Waals surface area contributed by atoms with Crippen LogP contribution in [-0.2, 0) is 0 Å². The first-order chi connectivity index (χ1) is 6.25. The molecule has 1 rings (SSSR count). The van der Waals surface area contributed by atoms with Crippen LogP contribution in [0.1, 0.15) is 24.6 Å². The van der Waals surface area contributed by atoms with Gasteiger partial charge in [-0.15, -0.1) is 0 Å². The number of aliphatic imine (C=N–C) groups is 1. The number of nitrogens with zero attached hydrogens (tertiary/aromatic N) is 3. The van der Waals surface area contributed by atoms with E-state index in [-0.39, 0.29) is 0 Å². The van der Waals surface area contributed by atoms with Gasteiger partial charge in [-0.3, -0.25) is 4.99 Å². The molecule has 0 spiro atoms. The van der Waals surface area contributed by atoms with E-state index in [0.717, 1.165) is 24.2 Å². The zero-order chi connectivity index (χ0) is 9.68. The summed E-state index contributed by atoms with van der Waals surface area (Å²) in [7, 11) is 0. The van der Waals surface area contributed by atoms with Crippen LogP contribution in [-0.4, -0.2) is 22.7 Å². The van der Waals surface area contributed by atoms with Gasteiger partial charge in [0.25, 0.3) is 0 Å². The van der Waals surface area contributed by atoms with Crippen molar-refractivity contribution in [3.63, 3.8) is 0 Å². The molecule has 2 N–H and O–H groups in total. The topological polar surface area (TPSA) is 64.2 Å². The van der Waals surface area contributed by atoms with Crippen LogP contribution in [0.4, 0.5) is 5.82 Å². The van der Waals surface area contributed by atoms with Crippen molar-refractivity contribution in [3.05, 3.63) is 17.6 Å². The van der Waals surface area contributed by atoms with Crippen LogP contribution < -0.4 is 5.73 Å². The second-order valence-electron chi connectivity index (χ2n) is 2.79. The van der Waals surface area contributed by atoms with Crippen LogP contribution in [0.5, 0.6) is 0 Å². The molecule has 0 amide bonds. The Morgan fingerprint density at radius 1 is 1.54 bits per heavy atom. The first-order valence-corrected chi connectivity index (χ1v) is 4.32. The van der Waals surface area contributed by atoms with Gasteiger partial charge in [-0.1, -0.05) is 6.92 Å². The Morgan fingerprint density at radius 3 is 2.92 bits per heavy atom. The van der Waals surface area contributed by atoms with E-state index in [0.29, 0.717) is 5.82 Å². The predicted octanol–water partition coefficient (Wildman–Crippen LogP) is 1.20. The summed E-state index contributed by atoms with van der Waals surface area (Å²) >= 11 is 0. The van der Waals surface area contributed by atoms with Gasteiger partial charge in [0.1, 0.15) is 12.1 Å². The van der Waals surface area contributed by atoms with Crippen molar-refractivity contribution in [2.45, 2.75) is 20.3 Å². The van der Waals surface area contributed by atoms with Gasteiger partial charge in [0.15, 0.2) is 0 Å². The second-order valence-corrected chi connectivity index (χ2v) is 2.79. The number of nitrogens with two attached hydrogens (primary N) is 1. The minimum atomic E-state index is 0.493. The lowest BCUT2D eigenvalue weighted by molar-refractivity contribution is 0.936. The van der Waals surface area contributed by atoms with Gasteiger partial charge < -0.3 is 5.73 Å². The fourth-order valence-corrected chi connectivity index (χ4v) is 0.947. The smallest absolute Gasteiger partial charge is 0.135 e. The van der Waals surface area contributed by atoms with Gasteiger partial charge in [0.05, 0.1) is 11.3 Å². The van der Waals surface area contributed by atoms with E-state index < -0.39 is 0 Å². The Hall–Kier alpha value is -1.45. The molecular weight excluding hydrogens is 164 g/mol. The van der Waals surface area contributed by atoms with E-state index in [1.165, 1.54) is 6.33 Å². The first kappa shape index (κ1) is 9.64. The Kier molecular flexibility index (Phi) is 3.37. The SMILES string of the molecule is CCCN=Cc1c(C)ncnc1N. The molecule has 0 saturated carbocycles. The molecule has 4 heteroatoms. The summed E-state index contributed by atoms with van der Waals surface area (Å²) in [6.45, 7) is 4.79. The number of hydrogen-bond donors (Lipinski definition) is 1. The standard InChI is InChI=1S/C9H14N4/c1-3-4-11-5-8-7(2)12-6-13-9(8)10/h5-6H,3-4H2,1-2H3,(H2,10,12,13). The monoisotopic (exact) mass is 178 g/mol. The largest absolute Gasteiger partial charge is 0.383 e. The lowest BCUT2D eigenvalue weighted by Gasteiger charge is -2.00. The average Bonchev–Trinajstić information content (AvgIpc) is 2.10. The van der Waals surface area contributed by atoms with Crippen molar-refractivity contribution in [2.24, 2.45) is 4.99 Å². The average molecular weight is 178 g/mol. The summed E-state index contributed by atoms with van der Waals surface area (Å²) in [4.78, 5) is 12.1. The van der Waals surface area contributed by atoms with Crippen molar-refractivity contribution in [1.29, 1.82) is 0 Å². The third-order valence-corrected chi connectivity index (χ3v) is 1.69. The highest BCUT2D eigenvalue weighted by Crippen LogP contribution is 2.07. The van der Waals surface area contributed by atoms with Crippen LogP contribution in [0.3, 0.4) is 0 Å². The highest BCUT2D eigenvalue weighted by molar-refractivity contribution is 5.86. The van der Waals surface area contributed by atoms with Crippen LogP contribution in [0.15, 0.2) is 11.3 Å². The van der Waals surface area contributed by atoms with Crippen molar-refractivity contribution < 1.29 is 0 Å². The molecule has 0 atom stereocenters. The van der Waals surface area contributed by atoms with E-state index in [9.17, 15) is 0 Å². The molecular formula is C9H14N4. The Labute approximate surface area is 77.9 Å². The summed E-state index contributed by atoms with van der Waals surface area (Å²) in [5.41, 5.74) is 7.36. The number of aryl methyl sites for hydroxylation is 1. The molecule has 0 aromatic carbocycles. The van der Waals surface area contributed by atoms with Gasteiger partial charge in [-0.25, -0.2) is 9.97 Å². The quantitative estimate of drug-likeness (QED) is 0.707. The number of anilines is 1. The molecule has 1 aromatic rings. The maximum atomic E-state index is 5.66. The van der Waals surface area contributed by atoms with Crippen molar-refractivity contribution in [2.75, 3.05) is 12.3 Å². The first-order valence-electron chi connectivity index (χ1n) is 4.32. The Bertz CT molecular complexity index is 286. The van der Waals surface area contributed by atoms with E-state index in [4.69, 9.17) is 5.73 Å². The van der Waals surface area contributed by atoms with Gasteiger partial charge in [-0.2, -0.15) is 0 Å². The molecule has 0 aliphatic heterocycles. The van der Waals surface area contributed by atoms with Crippen molar-refractivity contribution >= 4 is 12.0 Å². The molecule has 0 bridgehead atoms. The molecule has 0 aliphatic rings. The van der Waals surface area contributed by atoms with Crippen LogP contribution in [0.25, 0.3) is 0 Å². The minimum absolute atomic E-state index is 0.493. The maximum Gasteiger partial charge on any atom is 0.135 e. The fraction of sp³-hybridized carbons (Fsp3) is 0.444. The van der Waals surface area contributed by atoms with E-state index >= 15 is 0 Å². The molecule has 0 fully saturated rings. The number of aromatic nitrogens is 2. The molecule has 70 valence electrons. The zero-order valence-electron chi connectivity index (χ0n) is 7.99. The van der Waals surface area contributed by atoms with E-state index in [1.54, 1.807) is 6.21 Å². The highest BCUT2D eigenvalue weighted by atomic mass is 14.9. The van der Waals surface area contributed by atoms with Crippen LogP contribution in [0, 0.1) is 6.92 Å². The maximum absolute atomic E-state index is 5.66. The number of rotatable bonds is 3. The Morgan fingerprint density at radius 2 is 2.31 bits per heavy atom. The second kappa shape index (κ2) is 4.54. The number of hydrogen-bond acceptors (Lipinski definition) is 4. The van der Waals surface area contributed by atoms with Gasteiger partial charge in [-0.05, 0) is 13.3 Å². The summed E-state index contributed by atoms with van der Waals surface area (Å²) in [5.74, 6) is 0.493.